The smallest absolute Gasteiger partial charge is 0.335 e. The van der Waals surface area contributed by atoms with Gasteiger partial charge in [-0.25, -0.2) is 4.79 Å². The van der Waals surface area contributed by atoms with Crippen molar-refractivity contribution in [3.63, 3.8) is 0 Å². The first kappa shape index (κ1) is 20.4. The van der Waals surface area contributed by atoms with Gasteiger partial charge in [0.05, 0.1) is 28.0 Å². The topological polar surface area (TPSA) is 131 Å². The maximum Gasteiger partial charge on any atom is 0.335 e. The minimum Gasteiger partial charge on any atom is -0.478 e. The average Bonchev–Trinajstić information content (AvgIpc) is 3.05. The van der Waals surface area contributed by atoms with Gasteiger partial charge in [-0.3, -0.25) is 9.78 Å². The summed E-state index contributed by atoms with van der Waals surface area (Å²) in [4.78, 5) is 27.8. The zero-order chi connectivity index (χ0) is 22.3. The van der Waals surface area contributed by atoms with Crippen molar-refractivity contribution < 1.29 is 19.2 Å². The summed E-state index contributed by atoms with van der Waals surface area (Å²) in [5, 5.41) is 17.2. The molecule has 0 aliphatic heterocycles. The fourth-order valence-electron chi connectivity index (χ4n) is 3.50. The number of nitrogens with one attached hydrogen (secondary N) is 1. The molecule has 0 aliphatic carbocycles. The molecule has 0 unspecified atom stereocenters. The zero-order valence-electron chi connectivity index (χ0n) is 16.6. The van der Waals surface area contributed by atoms with E-state index in [1.54, 1.807) is 12.1 Å². The lowest BCUT2D eigenvalue weighted by Gasteiger charge is -2.14. The van der Waals surface area contributed by atoms with Crippen LogP contribution < -0.4 is 11.1 Å². The highest BCUT2D eigenvalue weighted by atomic mass is 35.5. The molecule has 0 fully saturated rings. The van der Waals surface area contributed by atoms with Crippen LogP contribution in [0.5, 0.6) is 0 Å². The summed E-state index contributed by atoms with van der Waals surface area (Å²) in [6.07, 6.45) is 1.38. The van der Waals surface area contributed by atoms with Crippen molar-refractivity contribution in [2.75, 3.05) is 5.32 Å². The van der Waals surface area contributed by atoms with E-state index in [0.29, 0.717) is 28.0 Å². The highest BCUT2D eigenvalue weighted by molar-refractivity contribution is 6.31. The number of fused-ring (bicyclic) bond motifs is 1. The third-order valence-corrected chi connectivity index (χ3v) is 5.09. The Labute approximate surface area is 181 Å². The van der Waals surface area contributed by atoms with Gasteiger partial charge in [-0.15, -0.1) is 0 Å². The summed E-state index contributed by atoms with van der Waals surface area (Å²) in [5.74, 6) is -1.11. The molecule has 4 rings (SSSR count). The largest absolute Gasteiger partial charge is 0.478 e. The highest BCUT2D eigenvalue weighted by Crippen LogP contribution is 2.34. The number of amides is 1. The van der Waals surface area contributed by atoms with Crippen molar-refractivity contribution in [2.24, 2.45) is 5.73 Å². The molecule has 0 spiro atoms. The number of pyridine rings is 1. The number of carboxylic acids is 1. The van der Waals surface area contributed by atoms with Gasteiger partial charge in [0.15, 0.2) is 0 Å². The number of carboxylic acid groups (broad SMARTS) is 1. The first-order chi connectivity index (χ1) is 14.7. The number of hydrogen-bond donors (Lipinski definition) is 3. The van der Waals surface area contributed by atoms with Gasteiger partial charge in [-0.1, -0.05) is 28.9 Å². The van der Waals surface area contributed by atoms with E-state index in [9.17, 15) is 14.7 Å². The number of halogens is 1. The van der Waals surface area contributed by atoms with Gasteiger partial charge in [0.25, 0.3) is 5.91 Å². The average molecular weight is 437 g/mol. The van der Waals surface area contributed by atoms with Crippen LogP contribution in [0, 0.1) is 13.8 Å². The summed E-state index contributed by atoms with van der Waals surface area (Å²) in [6, 6.07) is 9.85. The lowest BCUT2D eigenvalue weighted by molar-refractivity contribution is 0.0696. The minimum absolute atomic E-state index is 0.00896. The first-order valence-corrected chi connectivity index (χ1v) is 9.59. The number of nitrogens with two attached hydrogens (primary N) is 1. The molecule has 2 heterocycles. The van der Waals surface area contributed by atoms with E-state index in [1.165, 1.54) is 18.3 Å². The van der Waals surface area contributed by atoms with Crippen LogP contribution in [-0.2, 0) is 0 Å². The number of nitrogens with zero attached hydrogens (tertiary/aromatic N) is 2. The summed E-state index contributed by atoms with van der Waals surface area (Å²) in [7, 11) is 0. The van der Waals surface area contributed by atoms with Crippen LogP contribution in [0.4, 0.5) is 11.4 Å². The molecule has 4 aromatic rings. The van der Waals surface area contributed by atoms with Crippen LogP contribution >= 0.6 is 11.6 Å². The normalized spacial score (nSPS) is 10.9. The van der Waals surface area contributed by atoms with Crippen LogP contribution in [-0.4, -0.2) is 27.1 Å². The predicted molar refractivity (Wildman–Crippen MR) is 117 cm³/mol. The van der Waals surface area contributed by atoms with E-state index in [1.807, 2.05) is 26.0 Å². The Balaban J connectivity index is 1.88. The second kappa shape index (κ2) is 7.73. The standard InChI is InChI=1S/C22H17ClN4O4/c1-10-19(11(2)31-27-10)12-3-4-16-18(7-12)25-9-17(21(24)28)20(16)26-15-6-13(22(29)30)5-14(23)8-15/h3-9H,1-2H3,(H2,24,28)(H,25,26)(H,29,30). The van der Waals surface area contributed by atoms with Crippen LogP contribution in [0.15, 0.2) is 47.1 Å². The van der Waals surface area contributed by atoms with Crippen molar-refractivity contribution in [1.82, 2.24) is 10.1 Å². The second-order valence-electron chi connectivity index (χ2n) is 7.00. The predicted octanol–water partition coefficient (Wildman–Crippen LogP) is 4.70. The molecule has 8 nitrogen and oxygen atoms in total. The van der Waals surface area contributed by atoms with Gasteiger partial charge >= 0.3 is 5.97 Å². The Kier molecular flexibility index (Phi) is 5.08. The molecule has 0 saturated heterocycles. The number of aromatic carboxylic acids is 1. The maximum atomic E-state index is 12.0. The second-order valence-corrected chi connectivity index (χ2v) is 7.44. The number of carbonyl (C=O) groups is 2. The molecule has 31 heavy (non-hydrogen) atoms. The number of hydrogen-bond acceptors (Lipinski definition) is 6. The van der Waals surface area contributed by atoms with Gasteiger partial charge in [0.2, 0.25) is 0 Å². The SMILES string of the molecule is Cc1noc(C)c1-c1ccc2c(Nc3cc(Cl)cc(C(=O)O)c3)c(C(N)=O)cnc2c1. The zero-order valence-corrected chi connectivity index (χ0v) is 17.3. The molecule has 0 radical (unpaired) electrons. The lowest BCUT2D eigenvalue weighted by Crippen LogP contribution is -2.14. The van der Waals surface area contributed by atoms with Crippen LogP contribution in [0.1, 0.15) is 32.2 Å². The lowest BCUT2D eigenvalue weighted by atomic mass is 10.0. The fraction of sp³-hybridized carbons (Fsp3) is 0.0909. The fourth-order valence-corrected chi connectivity index (χ4v) is 3.73. The first-order valence-electron chi connectivity index (χ1n) is 9.21. The van der Waals surface area contributed by atoms with Gasteiger partial charge in [0, 0.05) is 27.9 Å². The number of rotatable bonds is 5. The molecule has 1 amide bonds. The Morgan fingerprint density at radius 1 is 1.16 bits per heavy atom. The molecule has 9 heteroatoms. The van der Waals surface area contributed by atoms with E-state index >= 15 is 0 Å². The molecule has 0 saturated carbocycles. The Bertz CT molecular complexity index is 1340. The van der Waals surface area contributed by atoms with Crippen molar-refractivity contribution in [3.05, 3.63) is 70.2 Å². The molecule has 4 N–H and O–H groups in total. The molecular weight excluding hydrogens is 420 g/mol. The summed E-state index contributed by atoms with van der Waals surface area (Å²) in [5.41, 5.74) is 9.62. The van der Waals surface area contributed by atoms with Crippen molar-refractivity contribution in [3.8, 4) is 11.1 Å². The van der Waals surface area contributed by atoms with E-state index < -0.39 is 11.9 Å². The van der Waals surface area contributed by atoms with Crippen molar-refractivity contribution in [1.29, 1.82) is 0 Å². The van der Waals surface area contributed by atoms with Crippen LogP contribution in [0.25, 0.3) is 22.0 Å². The summed E-state index contributed by atoms with van der Waals surface area (Å²) < 4.78 is 5.25. The molecule has 0 atom stereocenters. The van der Waals surface area contributed by atoms with E-state index in [4.69, 9.17) is 21.9 Å². The maximum absolute atomic E-state index is 12.0. The number of benzene rings is 2. The van der Waals surface area contributed by atoms with Crippen LogP contribution in [0.3, 0.4) is 0 Å². The third-order valence-electron chi connectivity index (χ3n) is 4.87. The Hall–Kier alpha value is -3.91. The number of anilines is 2. The summed E-state index contributed by atoms with van der Waals surface area (Å²) >= 11 is 6.07. The quantitative estimate of drug-likeness (QED) is 0.413. The van der Waals surface area contributed by atoms with Crippen LogP contribution in [0.2, 0.25) is 5.02 Å². The van der Waals surface area contributed by atoms with Crippen molar-refractivity contribution in [2.45, 2.75) is 13.8 Å². The molecular formula is C22H17ClN4O4. The molecule has 0 aliphatic rings. The van der Waals surface area contributed by atoms with Gasteiger partial charge < -0.3 is 20.7 Å². The Morgan fingerprint density at radius 2 is 1.94 bits per heavy atom. The highest BCUT2D eigenvalue weighted by Gasteiger charge is 2.17. The van der Waals surface area contributed by atoms with Crippen molar-refractivity contribution >= 4 is 45.8 Å². The van der Waals surface area contributed by atoms with Gasteiger partial charge in [0.1, 0.15) is 5.76 Å². The molecule has 156 valence electrons. The third kappa shape index (κ3) is 3.80. The van der Waals surface area contributed by atoms with E-state index in [2.05, 4.69) is 15.5 Å². The molecule has 2 aromatic carbocycles. The minimum atomic E-state index is -1.12. The molecule has 0 bridgehead atoms. The van der Waals surface area contributed by atoms with E-state index in [-0.39, 0.29) is 16.1 Å². The van der Waals surface area contributed by atoms with Gasteiger partial charge in [-0.2, -0.15) is 0 Å². The van der Waals surface area contributed by atoms with Gasteiger partial charge in [-0.05, 0) is 43.7 Å². The number of primary amides is 1. The monoisotopic (exact) mass is 436 g/mol. The van der Waals surface area contributed by atoms with E-state index in [0.717, 1.165) is 16.8 Å². The summed E-state index contributed by atoms with van der Waals surface area (Å²) in [6.45, 7) is 3.68. The number of aromatic nitrogens is 2. The number of carbonyl (C=O) groups excluding carboxylic acids is 1. The molecule has 2 aromatic heterocycles. The number of aryl methyl sites for hydroxylation is 2. The Morgan fingerprint density at radius 3 is 2.58 bits per heavy atom.